The fourth-order valence-electron chi connectivity index (χ4n) is 5.50. The van der Waals surface area contributed by atoms with Crippen LogP contribution in [0.25, 0.3) is 0 Å². The molecule has 0 aliphatic carbocycles. The molecule has 2 atom stereocenters. The minimum Gasteiger partial charge on any atom is -0.457 e. The fourth-order valence-corrected chi connectivity index (χ4v) is 5.85. The third-order valence-corrected chi connectivity index (χ3v) is 7.90. The highest BCUT2D eigenvalue weighted by molar-refractivity contribution is 7.80. The number of hydrogen-bond donors (Lipinski definition) is 1. The second-order valence-electron chi connectivity index (χ2n) is 10.3. The summed E-state index contributed by atoms with van der Waals surface area (Å²) in [4.78, 5) is 6.94. The molecule has 1 aliphatic heterocycles. The van der Waals surface area contributed by atoms with Crippen LogP contribution in [-0.4, -0.2) is 14.7 Å². The zero-order chi connectivity index (χ0) is 27.6. The molecular weight excluding hydrogens is 512 g/mol. The van der Waals surface area contributed by atoms with E-state index in [4.69, 9.17) is 21.9 Å². The van der Waals surface area contributed by atoms with Gasteiger partial charge in [0.25, 0.3) is 0 Å². The van der Waals surface area contributed by atoms with E-state index in [1.54, 1.807) is 0 Å². The lowest BCUT2D eigenvalue weighted by atomic mass is 9.96. The Morgan fingerprint density at radius 2 is 1.50 bits per heavy atom. The zero-order valence-corrected chi connectivity index (χ0v) is 23.7. The lowest BCUT2D eigenvalue weighted by molar-refractivity contribution is 0.482. The molecule has 3 aromatic carbocycles. The van der Waals surface area contributed by atoms with Crippen LogP contribution in [0, 0.1) is 20.8 Å². The van der Waals surface area contributed by atoms with Crippen molar-refractivity contribution >= 4 is 23.0 Å². The molecule has 0 radical (unpaired) electrons. The van der Waals surface area contributed by atoms with E-state index in [1.807, 2.05) is 42.6 Å². The molecule has 1 N–H and O–H groups in total. The maximum absolute atomic E-state index is 6.09. The van der Waals surface area contributed by atoms with Crippen molar-refractivity contribution in [2.75, 3.05) is 4.90 Å². The summed E-state index contributed by atoms with van der Waals surface area (Å²) < 4.78 is 8.48. The molecule has 5 nitrogen and oxygen atoms in total. The van der Waals surface area contributed by atoms with Crippen molar-refractivity contribution in [3.63, 3.8) is 0 Å². The van der Waals surface area contributed by atoms with Gasteiger partial charge in [-0.1, -0.05) is 54.1 Å². The number of nitrogens with zero attached hydrogens (tertiary/aromatic N) is 3. The van der Waals surface area contributed by atoms with Crippen LogP contribution in [0.15, 0.2) is 109 Å². The molecule has 1 aliphatic rings. The number of rotatable bonds is 7. The second kappa shape index (κ2) is 11.0. The largest absolute Gasteiger partial charge is 0.457 e. The van der Waals surface area contributed by atoms with Crippen molar-refractivity contribution in [2.24, 2.45) is 0 Å². The van der Waals surface area contributed by atoms with Crippen LogP contribution in [-0.2, 0) is 6.54 Å². The van der Waals surface area contributed by atoms with Crippen molar-refractivity contribution < 1.29 is 4.74 Å². The normalized spacial score (nSPS) is 16.7. The topological polar surface area (TPSA) is 42.3 Å². The number of aryl methyl sites for hydroxylation is 2. The van der Waals surface area contributed by atoms with E-state index in [1.165, 1.54) is 28.1 Å². The molecule has 0 bridgehead atoms. The summed E-state index contributed by atoms with van der Waals surface area (Å²) in [7, 11) is 0. The van der Waals surface area contributed by atoms with E-state index < -0.39 is 0 Å². The van der Waals surface area contributed by atoms with Crippen LogP contribution in [0.5, 0.6) is 11.5 Å². The number of ether oxygens (including phenoxy) is 1. The number of aromatic nitrogens is 2. The van der Waals surface area contributed by atoms with Crippen LogP contribution < -0.4 is 15.0 Å². The van der Waals surface area contributed by atoms with Gasteiger partial charge in [-0.05, 0) is 98.7 Å². The highest BCUT2D eigenvalue weighted by Crippen LogP contribution is 2.43. The second-order valence-corrected chi connectivity index (χ2v) is 10.7. The number of anilines is 1. The Hall–Kier alpha value is -4.42. The molecule has 2 unspecified atom stereocenters. The van der Waals surface area contributed by atoms with Crippen molar-refractivity contribution in [1.29, 1.82) is 0 Å². The SMILES string of the molecule is Cc1ccc(Oc2ccc(N3C(=S)NC(c4ccccn4)C3c3cc(C)n(Cc4ccccc4)c3C)cc2)cc1. The molecule has 40 heavy (non-hydrogen) atoms. The van der Waals surface area contributed by atoms with Crippen LogP contribution in [0.3, 0.4) is 0 Å². The Morgan fingerprint density at radius 3 is 2.17 bits per heavy atom. The van der Waals surface area contributed by atoms with Crippen LogP contribution >= 0.6 is 12.2 Å². The quantitative estimate of drug-likeness (QED) is 0.212. The Kier molecular flexibility index (Phi) is 7.10. The summed E-state index contributed by atoms with van der Waals surface area (Å²) in [5.74, 6) is 1.60. The number of thiocarbonyl (C=S) groups is 1. The standard InChI is InChI=1S/C34H32N4OS/c1-23-12-16-28(17-13-23)39-29-18-14-27(15-19-29)38-33(32(36-34(38)40)31-11-7-8-20-35-31)30-21-24(2)37(25(30)3)22-26-9-5-4-6-10-26/h4-21,32-33H,22H2,1-3H3,(H,36,40). The van der Waals surface area contributed by atoms with Crippen molar-refractivity contribution in [2.45, 2.75) is 39.4 Å². The molecule has 0 amide bonds. The first kappa shape index (κ1) is 25.8. The van der Waals surface area contributed by atoms with Crippen molar-refractivity contribution in [3.05, 3.63) is 143 Å². The van der Waals surface area contributed by atoms with E-state index in [9.17, 15) is 0 Å². The first-order valence-electron chi connectivity index (χ1n) is 13.5. The van der Waals surface area contributed by atoms with Crippen LogP contribution in [0.4, 0.5) is 5.69 Å². The van der Waals surface area contributed by atoms with Gasteiger partial charge in [0.2, 0.25) is 0 Å². The Balaban J connectivity index is 1.37. The van der Waals surface area contributed by atoms with Gasteiger partial charge in [0, 0.05) is 29.8 Å². The lowest BCUT2D eigenvalue weighted by Crippen LogP contribution is -2.29. The Bertz CT molecular complexity index is 1610. The maximum Gasteiger partial charge on any atom is 0.174 e. The van der Waals surface area contributed by atoms with Gasteiger partial charge in [0.1, 0.15) is 11.5 Å². The Morgan fingerprint density at radius 1 is 0.825 bits per heavy atom. The molecule has 1 fully saturated rings. The van der Waals surface area contributed by atoms with Gasteiger partial charge in [-0.2, -0.15) is 0 Å². The molecule has 6 heteroatoms. The molecule has 3 heterocycles. The van der Waals surface area contributed by atoms with Gasteiger partial charge >= 0.3 is 0 Å². The third kappa shape index (κ3) is 5.10. The van der Waals surface area contributed by atoms with Gasteiger partial charge in [-0.25, -0.2) is 0 Å². The molecule has 200 valence electrons. The minimum atomic E-state index is -0.0946. The highest BCUT2D eigenvalue weighted by atomic mass is 32.1. The average Bonchev–Trinajstić information content (AvgIpc) is 3.46. The van der Waals surface area contributed by atoms with Gasteiger partial charge in [-0.3, -0.25) is 4.98 Å². The van der Waals surface area contributed by atoms with Crippen LogP contribution in [0.2, 0.25) is 0 Å². The summed E-state index contributed by atoms with van der Waals surface area (Å²) in [6.45, 7) is 7.28. The van der Waals surface area contributed by atoms with E-state index in [-0.39, 0.29) is 12.1 Å². The minimum absolute atomic E-state index is 0.0676. The summed E-state index contributed by atoms with van der Waals surface area (Å²) in [5.41, 5.74) is 8.12. The Labute approximate surface area is 241 Å². The lowest BCUT2D eigenvalue weighted by Gasteiger charge is -2.28. The first-order valence-corrected chi connectivity index (χ1v) is 13.9. The summed E-state index contributed by atoms with van der Waals surface area (Å²) in [6.07, 6.45) is 1.84. The highest BCUT2D eigenvalue weighted by Gasteiger charge is 2.42. The summed E-state index contributed by atoms with van der Waals surface area (Å²) in [6, 6.07) is 35.0. The van der Waals surface area contributed by atoms with E-state index in [0.717, 1.165) is 29.4 Å². The molecule has 1 saturated heterocycles. The molecule has 5 aromatic rings. The van der Waals surface area contributed by atoms with Gasteiger partial charge in [0.05, 0.1) is 17.8 Å². The number of nitrogens with one attached hydrogen (secondary N) is 1. The molecular formula is C34H32N4OS. The van der Waals surface area contributed by atoms with E-state index in [0.29, 0.717) is 5.11 Å². The third-order valence-electron chi connectivity index (χ3n) is 7.58. The van der Waals surface area contributed by atoms with Crippen molar-refractivity contribution in [1.82, 2.24) is 14.9 Å². The number of hydrogen-bond acceptors (Lipinski definition) is 3. The monoisotopic (exact) mass is 544 g/mol. The fraction of sp³-hybridized carbons (Fsp3) is 0.176. The predicted octanol–water partition coefficient (Wildman–Crippen LogP) is 7.83. The molecule has 0 spiro atoms. The number of pyridine rings is 1. The van der Waals surface area contributed by atoms with Gasteiger partial charge < -0.3 is 19.5 Å². The van der Waals surface area contributed by atoms with Gasteiger partial charge in [-0.15, -0.1) is 0 Å². The number of benzene rings is 3. The molecule has 0 saturated carbocycles. The summed E-state index contributed by atoms with van der Waals surface area (Å²) >= 11 is 5.96. The van der Waals surface area contributed by atoms with E-state index >= 15 is 0 Å². The van der Waals surface area contributed by atoms with Crippen LogP contribution in [0.1, 0.15) is 45.9 Å². The first-order chi connectivity index (χ1) is 19.5. The average molecular weight is 545 g/mol. The molecule has 6 rings (SSSR count). The predicted molar refractivity (Wildman–Crippen MR) is 165 cm³/mol. The summed E-state index contributed by atoms with van der Waals surface area (Å²) in [5, 5.41) is 4.27. The smallest absolute Gasteiger partial charge is 0.174 e. The van der Waals surface area contributed by atoms with Gasteiger partial charge in [0.15, 0.2) is 5.11 Å². The zero-order valence-electron chi connectivity index (χ0n) is 22.9. The maximum atomic E-state index is 6.09. The molecule has 2 aromatic heterocycles. The van der Waals surface area contributed by atoms with Crippen molar-refractivity contribution in [3.8, 4) is 11.5 Å². The van der Waals surface area contributed by atoms with E-state index in [2.05, 4.69) is 102 Å².